The first-order valence-corrected chi connectivity index (χ1v) is 3.57. The van der Waals surface area contributed by atoms with Crippen LogP contribution in [0.1, 0.15) is 5.56 Å². The minimum Gasteiger partial charge on any atom is -0.419 e. The molecule has 0 aliphatic heterocycles. The summed E-state index contributed by atoms with van der Waals surface area (Å²) in [6.45, 7) is 0. The fourth-order valence-corrected chi connectivity index (χ4v) is 0.785. The lowest BCUT2D eigenvalue weighted by Crippen LogP contribution is -1.93. The van der Waals surface area contributed by atoms with Crippen molar-refractivity contribution in [3.05, 3.63) is 42.1 Å². The van der Waals surface area contributed by atoms with Crippen LogP contribution in [0.3, 0.4) is 0 Å². The molecule has 2 heteroatoms. The molecule has 0 bridgehead atoms. The van der Waals surface area contributed by atoms with E-state index in [2.05, 4.69) is 15.4 Å². The van der Waals surface area contributed by atoms with Gasteiger partial charge in [0.15, 0.2) is 10.4 Å². The van der Waals surface area contributed by atoms with E-state index in [9.17, 15) is 0 Å². The Kier molecular flexibility index (Phi) is 2.77. The van der Waals surface area contributed by atoms with Gasteiger partial charge in [0, 0.05) is 0 Å². The van der Waals surface area contributed by atoms with Crippen LogP contribution in [0.5, 0.6) is 0 Å². The maximum atomic E-state index is 3.11. The van der Waals surface area contributed by atoms with Gasteiger partial charge >= 0.3 is 0 Å². The number of rotatable bonds is 2. The Balaban J connectivity index is 2.67. The van der Waals surface area contributed by atoms with Crippen LogP contribution in [0.25, 0.3) is 6.08 Å². The molecule has 1 rings (SSSR count). The summed E-state index contributed by atoms with van der Waals surface area (Å²) in [6.07, 6.45) is 3.80. The van der Waals surface area contributed by atoms with Crippen LogP contribution in [0.15, 0.2) is 36.5 Å². The zero-order valence-corrected chi connectivity index (χ0v) is 6.54. The van der Waals surface area contributed by atoms with Crippen LogP contribution < -0.4 is 4.98 Å². The molecule has 10 heavy (non-hydrogen) atoms. The highest BCUT2D eigenvalue weighted by Gasteiger charge is 1.78. The summed E-state index contributed by atoms with van der Waals surface area (Å²) in [5, 5.41) is 0. The van der Waals surface area contributed by atoms with Gasteiger partial charge in [0.2, 0.25) is 0 Å². The second-order valence-corrected chi connectivity index (χ2v) is 2.18. The Hall–Kier alpha value is -1.02. The first kappa shape index (κ1) is 7.09. The molecular weight excluding hydrogens is 138 g/mol. The molecule has 1 aromatic carbocycles. The van der Waals surface area contributed by atoms with Crippen molar-refractivity contribution in [2.45, 2.75) is 0 Å². The van der Waals surface area contributed by atoms with E-state index >= 15 is 0 Å². The molecule has 0 spiro atoms. The molecule has 0 fully saturated rings. The van der Waals surface area contributed by atoms with Gasteiger partial charge in [-0.25, -0.2) is 0 Å². The van der Waals surface area contributed by atoms with Gasteiger partial charge < -0.3 is 4.98 Å². The van der Waals surface area contributed by atoms with E-state index in [1.807, 2.05) is 42.6 Å². The third-order valence-electron chi connectivity index (χ3n) is 1.16. The van der Waals surface area contributed by atoms with E-state index in [0.717, 1.165) is 0 Å². The molecule has 0 saturated carbocycles. The summed E-state index contributed by atoms with van der Waals surface area (Å²) in [4.78, 5) is 2.74. The van der Waals surface area contributed by atoms with Crippen LogP contribution in [0, 0.1) is 0 Å². The molecule has 0 heterocycles. The fraction of sp³-hybridized carbons (Fsp3) is 0. The Morgan fingerprint density at radius 3 is 2.50 bits per heavy atom. The van der Waals surface area contributed by atoms with Crippen molar-refractivity contribution in [2.75, 3.05) is 0 Å². The average molecular weight is 146 g/mol. The average Bonchev–Trinajstić information content (AvgIpc) is 2.03. The molecule has 3 radical (unpaired) electrons. The highest BCUT2D eigenvalue weighted by molar-refractivity contribution is 6.05. The van der Waals surface area contributed by atoms with Crippen molar-refractivity contribution in [3.8, 4) is 0 Å². The van der Waals surface area contributed by atoms with Crippen LogP contribution in [-0.2, 0) is 0 Å². The Morgan fingerprint density at radius 1 is 1.20 bits per heavy atom. The van der Waals surface area contributed by atoms with E-state index in [4.69, 9.17) is 0 Å². The molecule has 49 valence electrons. The largest absolute Gasteiger partial charge is 0.419 e. The topological polar surface area (TPSA) is 12.0 Å². The molecule has 1 N–H and O–H groups in total. The van der Waals surface area contributed by atoms with Gasteiger partial charge in [-0.3, -0.25) is 0 Å². The van der Waals surface area contributed by atoms with E-state index < -0.39 is 0 Å². The maximum Gasteiger partial charge on any atom is 0.185 e. The van der Waals surface area contributed by atoms with Gasteiger partial charge in [0.05, 0.1) is 0 Å². The smallest absolute Gasteiger partial charge is 0.185 e. The molecule has 0 aliphatic rings. The number of benzene rings is 1. The Morgan fingerprint density at radius 2 is 1.90 bits per heavy atom. The summed E-state index contributed by atoms with van der Waals surface area (Å²) in [7, 11) is 3.11. The van der Waals surface area contributed by atoms with Crippen molar-refractivity contribution >= 4 is 16.5 Å². The highest BCUT2D eigenvalue weighted by Crippen LogP contribution is 1.98. The summed E-state index contributed by atoms with van der Waals surface area (Å²) in [5.74, 6) is 0. The molecular formula is C8H8NSi. The lowest BCUT2D eigenvalue weighted by Gasteiger charge is -1.89. The van der Waals surface area contributed by atoms with Crippen molar-refractivity contribution in [1.29, 1.82) is 0 Å². The molecule has 1 nitrogen and oxygen atoms in total. The zero-order chi connectivity index (χ0) is 7.23. The van der Waals surface area contributed by atoms with Gasteiger partial charge in [-0.2, -0.15) is 0 Å². The summed E-state index contributed by atoms with van der Waals surface area (Å²) >= 11 is 0. The SMILES string of the molecule is [Si]NC=Cc1ccccc1. The van der Waals surface area contributed by atoms with Crippen LogP contribution in [-0.4, -0.2) is 10.4 Å². The molecule has 1 aromatic rings. The lowest BCUT2D eigenvalue weighted by molar-refractivity contribution is 1.41. The predicted molar refractivity (Wildman–Crippen MR) is 44.4 cm³/mol. The monoisotopic (exact) mass is 146 g/mol. The normalized spacial score (nSPS) is 10.1. The third kappa shape index (κ3) is 2.07. The third-order valence-corrected chi connectivity index (χ3v) is 1.33. The first-order chi connectivity index (χ1) is 4.93. The molecule has 0 amide bonds. The fourth-order valence-electron chi connectivity index (χ4n) is 0.702. The summed E-state index contributed by atoms with van der Waals surface area (Å²) < 4.78 is 0. The van der Waals surface area contributed by atoms with Gasteiger partial charge in [-0.1, -0.05) is 30.3 Å². The minimum atomic E-state index is 1.19. The van der Waals surface area contributed by atoms with Crippen LogP contribution in [0.4, 0.5) is 0 Å². The first-order valence-electron chi connectivity index (χ1n) is 3.07. The predicted octanol–water partition coefficient (Wildman–Crippen LogP) is 1.33. The number of hydrogen-bond acceptors (Lipinski definition) is 1. The van der Waals surface area contributed by atoms with Crippen molar-refractivity contribution in [3.63, 3.8) is 0 Å². The molecule has 0 aromatic heterocycles. The van der Waals surface area contributed by atoms with Gasteiger partial charge in [0.1, 0.15) is 0 Å². The summed E-state index contributed by atoms with van der Waals surface area (Å²) in [6, 6.07) is 10.1. The van der Waals surface area contributed by atoms with Gasteiger partial charge in [0.25, 0.3) is 0 Å². The lowest BCUT2D eigenvalue weighted by atomic mass is 10.2. The zero-order valence-electron chi connectivity index (χ0n) is 5.54. The molecule has 0 atom stereocenters. The van der Waals surface area contributed by atoms with Crippen molar-refractivity contribution < 1.29 is 0 Å². The van der Waals surface area contributed by atoms with Crippen molar-refractivity contribution in [1.82, 2.24) is 4.98 Å². The van der Waals surface area contributed by atoms with Crippen LogP contribution in [0.2, 0.25) is 0 Å². The molecule has 0 unspecified atom stereocenters. The maximum absolute atomic E-state index is 3.11. The second kappa shape index (κ2) is 3.90. The molecule has 0 saturated heterocycles. The van der Waals surface area contributed by atoms with E-state index in [0.29, 0.717) is 0 Å². The summed E-state index contributed by atoms with van der Waals surface area (Å²) in [5.41, 5.74) is 1.19. The van der Waals surface area contributed by atoms with E-state index in [1.54, 1.807) is 0 Å². The van der Waals surface area contributed by atoms with Gasteiger partial charge in [-0.05, 0) is 17.8 Å². The standard InChI is InChI=1S/C8H8NSi/c10-9-7-6-8-4-2-1-3-5-8/h1-7,9H. The minimum absolute atomic E-state index is 1.19. The Labute approximate surface area is 64.3 Å². The van der Waals surface area contributed by atoms with E-state index in [-0.39, 0.29) is 0 Å². The number of nitrogens with one attached hydrogen (secondary N) is 1. The Bertz CT molecular complexity index is 206. The van der Waals surface area contributed by atoms with Gasteiger partial charge in [-0.15, -0.1) is 0 Å². The number of hydrogen-bond donors (Lipinski definition) is 1. The quantitative estimate of drug-likeness (QED) is 0.621. The van der Waals surface area contributed by atoms with E-state index in [1.165, 1.54) is 5.56 Å². The van der Waals surface area contributed by atoms with Crippen LogP contribution >= 0.6 is 0 Å². The second-order valence-electron chi connectivity index (χ2n) is 1.89. The molecule has 0 aliphatic carbocycles. The van der Waals surface area contributed by atoms with Crippen molar-refractivity contribution in [2.24, 2.45) is 0 Å². The highest BCUT2D eigenvalue weighted by atomic mass is 28.2.